The Hall–Kier alpha value is -6.58. The summed E-state index contributed by atoms with van der Waals surface area (Å²) in [7, 11) is 3.41. The van der Waals surface area contributed by atoms with Crippen LogP contribution in [0.5, 0.6) is 11.5 Å². The van der Waals surface area contributed by atoms with Crippen LogP contribution in [0, 0.1) is 0 Å². The topological polar surface area (TPSA) is 21.7 Å². The van der Waals surface area contributed by atoms with Crippen LogP contribution < -0.4 is 14.4 Å². The van der Waals surface area contributed by atoms with E-state index in [0.717, 1.165) is 50.8 Å². The Morgan fingerprint density at radius 2 is 0.731 bits per heavy atom. The molecular formula is C49H41NO2. The lowest BCUT2D eigenvalue weighted by Gasteiger charge is -2.25. The van der Waals surface area contributed by atoms with Crippen LogP contribution in [0.2, 0.25) is 0 Å². The van der Waals surface area contributed by atoms with Crippen molar-refractivity contribution in [3.05, 3.63) is 221 Å². The molecule has 3 heteroatoms. The molecule has 0 radical (unpaired) electrons. The van der Waals surface area contributed by atoms with Gasteiger partial charge in [0.1, 0.15) is 11.5 Å². The van der Waals surface area contributed by atoms with Crippen LogP contribution in [0.4, 0.5) is 17.1 Å². The number of methoxy groups -OCH3 is 2. The Morgan fingerprint density at radius 3 is 1.13 bits per heavy atom. The minimum atomic E-state index is 0.168. The fraction of sp³-hybridized carbons (Fsp3) is 0.0612. The number of anilines is 3. The zero-order valence-corrected chi connectivity index (χ0v) is 29.5. The van der Waals surface area contributed by atoms with Gasteiger partial charge in [-0.2, -0.15) is 0 Å². The Bertz CT molecular complexity index is 1980. The van der Waals surface area contributed by atoms with E-state index in [4.69, 9.17) is 9.47 Å². The highest BCUT2D eigenvalue weighted by Crippen LogP contribution is 2.36. The summed E-state index contributed by atoms with van der Waals surface area (Å²) in [4.78, 5) is 2.26. The number of benzene rings is 7. The van der Waals surface area contributed by atoms with Crippen LogP contribution in [0.1, 0.15) is 44.9 Å². The van der Waals surface area contributed by atoms with Crippen molar-refractivity contribution in [1.82, 2.24) is 0 Å². The molecule has 0 saturated carbocycles. The van der Waals surface area contributed by atoms with E-state index in [1.807, 2.05) is 24.3 Å². The number of ether oxygens (including phenoxy) is 2. The second-order valence-corrected chi connectivity index (χ2v) is 12.5. The van der Waals surface area contributed by atoms with Gasteiger partial charge in [-0.3, -0.25) is 0 Å². The van der Waals surface area contributed by atoms with Gasteiger partial charge in [0.2, 0.25) is 0 Å². The first-order valence-electron chi connectivity index (χ1n) is 17.5. The van der Waals surface area contributed by atoms with Crippen molar-refractivity contribution in [2.75, 3.05) is 19.1 Å². The van der Waals surface area contributed by atoms with Crippen molar-refractivity contribution in [3.8, 4) is 11.5 Å². The molecule has 52 heavy (non-hydrogen) atoms. The second-order valence-electron chi connectivity index (χ2n) is 12.5. The molecule has 0 unspecified atom stereocenters. The summed E-state index contributed by atoms with van der Waals surface area (Å²) in [6.45, 7) is 0. The molecule has 7 rings (SSSR count). The van der Waals surface area contributed by atoms with E-state index in [0.29, 0.717) is 0 Å². The molecule has 0 bridgehead atoms. The Labute approximate surface area is 307 Å². The molecule has 0 N–H and O–H groups in total. The van der Waals surface area contributed by atoms with Crippen LogP contribution in [0.3, 0.4) is 0 Å². The van der Waals surface area contributed by atoms with Gasteiger partial charge < -0.3 is 14.4 Å². The fourth-order valence-electron chi connectivity index (χ4n) is 6.58. The van der Waals surface area contributed by atoms with Crippen LogP contribution in [0.15, 0.2) is 182 Å². The zero-order valence-electron chi connectivity index (χ0n) is 29.5. The Balaban J connectivity index is 1.10. The van der Waals surface area contributed by atoms with Crippen molar-refractivity contribution in [3.63, 3.8) is 0 Å². The number of hydrogen-bond donors (Lipinski definition) is 0. The largest absolute Gasteiger partial charge is 0.496 e. The van der Waals surface area contributed by atoms with Crippen LogP contribution >= 0.6 is 0 Å². The molecule has 7 aromatic rings. The third kappa shape index (κ3) is 7.90. The summed E-state index contributed by atoms with van der Waals surface area (Å²) in [5.74, 6) is 1.72. The van der Waals surface area contributed by atoms with Gasteiger partial charge >= 0.3 is 0 Å². The predicted octanol–water partition coefficient (Wildman–Crippen LogP) is 12.7. The van der Waals surface area contributed by atoms with Crippen molar-refractivity contribution < 1.29 is 9.47 Å². The molecule has 0 fully saturated rings. The molecule has 0 aliphatic heterocycles. The maximum atomic E-state index is 5.85. The first kappa shape index (κ1) is 33.9. The predicted molar refractivity (Wildman–Crippen MR) is 219 cm³/mol. The van der Waals surface area contributed by atoms with E-state index in [9.17, 15) is 0 Å². The summed E-state index contributed by atoms with van der Waals surface area (Å²) in [5.41, 5.74) is 11.2. The molecule has 7 aromatic carbocycles. The standard InChI is InChI=1S/C49H41NO2/c1-51-47-36-43(32-26-38-27-33-46(34-28-38)50(44-19-11-5-12-20-44)45-21-13-6-14-22-45)48(52-2)35-42(47)31-25-37-23-29-41(30-24-37)49(39-15-7-3-8-16-39)40-17-9-4-10-18-40/h3-36,49H,1-2H3/b31-25+,32-26+. The highest BCUT2D eigenvalue weighted by atomic mass is 16.5. The van der Waals surface area contributed by atoms with Crippen molar-refractivity contribution in [2.45, 2.75) is 5.92 Å². The summed E-state index contributed by atoms with van der Waals surface area (Å²) >= 11 is 0. The SMILES string of the molecule is COc1cc(/C=C/c2ccc(N(c3ccccc3)c3ccccc3)cc2)c(OC)cc1/C=C/c1ccc(C(c2ccccc2)c2ccccc2)cc1. The van der Waals surface area contributed by atoms with Gasteiger partial charge in [-0.25, -0.2) is 0 Å². The van der Waals surface area contributed by atoms with E-state index in [1.165, 1.54) is 16.7 Å². The van der Waals surface area contributed by atoms with Gasteiger partial charge in [0.25, 0.3) is 0 Å². The van der Waals surface area contributed by atoms with Gasteiger partial charge in [0.15, 0.2) is 0 Å². The quantitative estimate of drug-likeness (QED) is 0.0950. The molecule has 0 atom stereocenters. The van der Waals surface area contributed by atoms with E-state index < -0.39 is 0 Å². The molecule has 0 spiro atoms. The van der Waals surface area contributed by atoms with Crippen molar-refractivity contribution >= 4 is 41.4 Å². The third-order valence-corrected chi connectivity index (χ3v) is 9.21. The maximum Gasteiger partial charge on any atom is 0.126 e. The van der Waals surface area contributed by atoms with Gasteiger partial charge in [-0.1, -0.05) is 158 Å². The zero-order chi connectivity index (χ0) is 35.5. The lowest BCUT2D eigenvalue weighted by Crippen LogP contribution is -2.09. The van der Waals surface area contributed by atoms with E-state index in [1.54, 1.807) is 14.2 Å². The summed E-state index contributed by atoms with van der Waals surface area (Å²) < 4.78 is 11.7. The second kappa shape index (κ2) is 16.4. The van der Waals surface area contributed by atoms with Gasteiger partial charge in [0, 0.05) is 34.1 Å². The van der Waals surface area contributed by atoms with Crippen molar-refractivity contribution in [2.24, 2.45) is 0 Å². The molecule has 3 nitrogen and oxygen atoms in total. The lowest BCUT2D eigenvalue weighted by atomic mass is 9.85. The number of hydrogen-bond acceptors (Lipinski definition) is 3. The van der Waals surface area contributed by atoms with Gasteiger partial charge in [-0.05, 0) is 76.3 Å². The van der Waals surface area contributed by atoms with Crippen LogP contribution in [0.25, 0.3) is 24.3 Å². The molecule has 254 valence electrons. The third-order valence-electron chi connectivity index (χ3n) is 9.21. The lowest BCUT2D eigenvalue weighted by molar-refractivity contribution is 0.401. The first-order valence-corrected chi connectivity index (χ1v) is 17.5. The summed E-state index contributed by atoms with van der Waals surface area (Å²) in [6, 6.07) is 63.7. The van der Waals surface area contributed by atoms with Gasteiger partial charge in [0.05, 0.1) is 14.2 Å². The summed E-state index contributed by atoms with van der Waals surface area (Å²) in [5, 5.41) is 0. The minimum Gasteiger partial charge on any atom is -0.496 e. The Kier molecular flexibility index (Phi) is 10.7. The molecular weight excluding hydrogens is 635 g/mol. The maximum absolute atomic E-state index is 5.85. The monoisotopic (exact) mass is 675 g/mol. The summed E-state index contributed by atoms with van der Waals surface area (Å²) in [6.07, 6.45) is 8.38. The Morgan fingerprint density at radius 1 is 0.385 bits per heavy atom. The molecule has 0 aliphatic rings. The highest BCUT2D eigenvalue weighted by molar-refractivity contribution is 5.81. The fourth-order valence-corrected chi connectivity index (χ4v) is 6.58. The highest BCUT2D eigenvalue weighted by Gasteiger charge is 2.16. The molecule has 0 saturated heterocycles. The average molecular weight is 676 g/mol. The smallest absolute Gasteiger partial charge is 0.126 e. The molecule has 0 heterocycles. The molecule has 0 amide bonds. The van der Waals surface area contributed by atoms with Crippen LogP contribution in [-0.4, -0.2) is 14.2 Å². The number of para-hydroxylation sites is 2. The molecule has 0 aliphatic carbocycles. The van der Waals surface area contributed by atoms with Gasteiger partial charge in [-0.15, -0.1) is 0 Å². The number of nitrogens with zero attached hydrogens (tertiary/aromatic N) is 1. The van der Waals surface area contributed by atoms with E-state index in [-0.39, 0.29) is 5.92 Å². The van der Waals surface area contributed by atoms with Crippen LogP contribution in [-0.2, 0) is 0 Å². The first-order chi connectivity index (χ1) is 25.7. The van der Waals surface area contributed by atoms with Crippen molar-refractivity contribution in [1.29, 1.82) is 0 Å². The van der Waals surface area contributed by atoms with E-state index >= 15 is 0 Å². The minimum absolute atomic E-state index is 0.168. The number of rotatable bonds is 12. The normalized spacial score (nSPS) is 11.3. The molecule has 0 aromatic heterocycles. The van der Waals surface area contributed by atoms with E-state index in [2.05, 4.69) is 187 Å². The average Bonchev–Trinajstić information content (AvgIpc) is 3.22.